The molecule has 0 atom stereocenters. The lowest BCUT2D eigenvalue weighted by Crippen LogP contribution is -1.98. The number of phenolic OH excluding ortho intramolecular Hbond substituents is 1. The standard InChI is InChI=1S/C16H11Cl2N3O4S/c17-9-2-3-11(18)13(6-9)20-21-16-12(19)4-1-8-5-10(26(23,24)25)7-14(22)15(8)16/h1-7,22H,19H2,(H,23,24,25). The van der Waals surface area contributed by atoms with E-state index in [1.165, 1.54) is 24.3 Å². The van der Waals surface area contributed by atoms with Crippen LogP contribution in [-0.2, 0) is 10.1 Å². The number of phenols is 1. The van der Waals surface area contributed by atoms with Crippen molar-refractivity contribution in [3.8, 4) is 5.75 Å². The number of nitrogen functional groups attached to an aromatic ring is 1. The van der Waals surface area contributed by atoms with E-state index in [1.807, 2.05) is 0 Å². The predicted octanol–water partition coefficient (Wildman–Crippen LogP) is 5.10. The molecule has 0 aromatic heterocycles. The number of rotatable bonds is 3. The maximum Gasteiger partial charge on any atom is 0.294 e. The van der Waals surface area contributed by atoms with Crippen LogP contribution in [-0.4, -0.2) is 18.1 Å². The van der Waals surface area contributed by atoms with Crippen LogP contribution in [0.1, 0.15) is 0 Å². The molecule has 7 nitrogen and oxygen atoms in total. The predicted molar refractivity (Wildman–Crippen MR) is 100 cm³/mol. The summed E-state index contributed by atoms with van der Waals surface area (Å²) >= 11 is 11.9. The van der Waals surface area contributed by atoms with Crippen LogP contribution < -0.4 is 5.73 Å². The van der Waals surface area contributed by atoms with E-state index in [2.05, 4.69) is 10.2 Å². The molecule has 0 heterocycles. The van der Waals surface area contributed by atoms with Gasteiger partial charge in [0.1, 0.15) is 17.1 Å². The van der Waals surface area contributed by atoms with E-state index in [4.69, 9.17) is 28.9 Å². The van der Waals surface area contributed by atoms with Gasteiger partial charge in [-0.15, -0.1) is 10.2 Å². The lowest BCUT2D eigenvalue weighted by molar-refractivity contribution is 0.471. The normalized spacial score (nSPS) is 12.1. The fourth-order valence-corrected chi connectivity index (χ4v) is 3.20. The third-order valence-corrected chi connectivity index (χ3v) is 4.92. The molecular formula is C16H11Cl2N3O4S. The number of hydrogen-bond acceptors (Lipinski definition) is 6. The summed E-state index contributed by atoms with van der Waals surface area (Å²) in [6.07, 6.45) is 0. The van der Waals surface area contributed by atoms with Gasteiger partial charge in [0.2, 0.25) is 0 Å². The first-order valence-corrected chi connectivity index (χ1v) is 9.26. The quantitative estimate of drug-likeness (QED) is 0.314. The molecule has 0 unspecified atom stereocenters. The molecule has 3 aromatic rings. The summed E-state index contributed by atoms with van der Waals surface area (Å²) < 4.78 is 31.8. The molecule has 4 N–H and O–H groups in total. The van der Waals surface area contributed by atoms with Crippen molar-refractivity contribution in [2.75, 3.05) is 5.73 Å². The molecule has 0 aliphatic carbocycles. The van der Waals surface area contributed by atoms with Gasteiger partial charge < -0.3 is 10.8 Å². The van der Waals surface area contributed by atoms with E-state index in [9.17, 15) is 18.1 Å². The van der Waals surface area contributed by atoms with Gasteiger partial charge >= 0.3 is 0 Å². The second-order valence-corrected chi connectivity index (χ2v) is 7.58. The molecule has 134 valence electrons. The molecular weight excluding hydrogens is 401 g/mol. The summed E-state index contributed by atoms with van der Waals surface area (Å²) in [5.74, 6) is -0.423. The Kier molecular flexibility index (Phi) is 4.76. The Balaban J connectivity index is 2.21. The molecule has 0 saturated carbocycles. The lowest BCUT2D eigenvalue weighted by atomic mass is 10.1. The van der Waals surface area contributed by atoms with Gasteiger partial charge in [-0.3, -0.25) is 4.55 Å². The number of benzene rings is 3. The van der Waals surface area contributed by atoms with Crippen LogP contribution >= 0.6 is 23.2 Å². The summed E-state index contributed by atoms with van der Waals surface area (Å²) in [4.78, 5) is -0.451. The Hall–Kier alpha value is -2.39. The first kappa shape index (κ1) is 18.4. The molecule has 26 heavy (non-hydrogen) atoms. The van der Waals surface area contributed by atoms with Crippen LogP contribution in [0.3, 0.4) is 0 Å². The molecule has 10 heteroatoms. The second-order valence-electron chi connectivity index (χ2n) is 5.31. The molecule has 0 radical (unpaired) electrons. The Morgan fingerprint density at radius 2 is 1.73 bits per heavy atom. The van der Waals surface area contributed by atoms with Crippen LogP contribution in [0.4, 0.5) is 17.1 Å². The number of halogens is 2. The van der Waals surface area contributed by atoms with Crippen molar-refractivity contribution in [3.63, 3.8) is 0 Å². The van der Waals surface area contributed by atoms with Gasteiger partial charge in [-0.1, -0.05) is 29.3 Å². The van der Waals surface area contributed by atoms with Gasteiger partial charge in [-0.25, -0.2) is 0 Å². The monoisotopic (exact) mass is 411 g/mol. The number of aromatic hydroxyl groups is 1. The van der Waals surface area contributed by atoms with Gasteiger partial charge in [0, 0.05) is 11.1 Å². The second kappa shape index (κ2) is 6.73. The van der Waals surface area contributed by atoms with Gasteiger partial charge in [0.05, 0.1) is 21.0 Å². The molecule has 3 aromatic carbocycles. The van der Waals surface area contributed by atoms with Gasteiger partial charge in [0.15, 0.2) is 0 Å². The first-order chi connectivity index (χ1) is 12.2. The third-order valence-electron chi connectivity index (χ3n) is 3.54. The average molecular weight is 412 g/mol. The smallest absolute Gasteiger partial charge is 0.294 e. The number of azo groups is 1. The van der Waals surface area contributed by atoms with Crippen molar-refractivity contribution in [1.29, 1.82) is 0 Å². The van der Waals surface area contributed by atoms with E-state index in [1.54, 1.807) is 12.1 Å². The van der Waals surface area contributed by atoms with Crippen LogP contribution in [0.25, 0.3) is 10.8 Å². The third kappa shape index (κ3) is 3.58. The zero-order chi connectivity index (χ0) is 19.1. The molecule has 0 fully saturated rings. The van der Waals surface area contributed by atoms with E-state index in [0.29, 0.717) is 21.1 Å². The van der Waals surface area contributed by atoms with Crippen molar-refractivity contribution in [2.24, 2.45) is 10.2 Å². The number of fused-ring (bicyclic) bond motifs is 1. The summed E-state index contributed by atoms with van der Waals surface area (Å²) in [5, 5.41) is 19.5. The van der Waals surface area contributed by atoms with E-state index >= 15 is 0 Å². The van der Waals surface area contributed by atoms with Crippen molar-refractivity contribution < 1.29 is 18.1 Å². The molecule has 0 saturated heterocycles. The van der Waals surface area contributed by atoms with Gasteiger partial charge in [-0.05, 0) is 35.7 Å². The van der Waals surface area contributed by atoms with Crippen molar-refractivity contribution >= 4 is 61.2 Å². The highest BCUT2D eigenvalue weighted by Crippen LogP contribution is 2.40. The topological polar surface area (TPSA) is 125 Å². The van der Waals surface area contributed by atoms with E-state index < -0.39 is 20.8 Å². The molecule has 3 rings (SSSR count). The Labute approximate surface area is 158 Å². The minimum atomic E-state index is -4.48. The Morgan fingerprint density at radius 3 is 2.42 bits per heavy atom. The minimum Gasteiger partial charge on any atom is -0.507 e. The molecule has 0 aliphatic heterocycles. The number of nitrogens with two attached hydrogens (primary N) is 1. The maximum atomic E-state index is 11.3. The highest BCUT2D eigenvalue weighted by Gasteiger charge is 2.17. The highest BCUT2D eigenvalue weighted by atomic mass is 35.5. The molecule has 0 aliphatic rings. The van der Waals surface area contributed by atoms with Gasteiger partial charge in [-0.2, -0.15) is 8.42 Å². The van der Waals surface area contributed by atoms with Crippen LogP contribution in [0.15, 0.2) is 57.6 Å². The van der Waals surface area contributed by atoms with E-state index in [-0.39, 0.29) is 16.8 Å². The van der Waals surface area contributed by atoms with Crippen LogP contribution in [0, 0.1) is 0 Å². The Morgan fingerprint density at radius 1 is 1.00 bits per heavy atom. The molecule has 0 spiro atoms. The van der Waals surface area contributed by atoms with Crippen molar-refractivity contribution in [3.05, 3.63) is 52.5 Å². The fraction of sp³-hybridized carbons (Fsp3) is 0. The zero-order valence-corrected chi connectivity index (χ0v) is 15.2. The lowest BCUT2D eigenvalue weighted by Gasteiger charge is -2.09. The van der Waals surface area contributed by atoms with Crippen LogP contribution in [0.2, 0.25) is 10.0 Å². The first-order valence-electron chi connectivity index (χ1n) is 7.06. The number of nitrogens with zero attached hydrogens (tertiary/aromatic N) is 2. The van der Waals surface area contributed by atoms with Gasteiger partial charge in [0.25, 0.3) is 10.1 Å². The number of hydrogen-bond donors (Lipinski definition) is 3. The molecule has 0 amide bonds. The fourth-order valence-electron chi connectivity index (χ4n) is 2.34. The van der Waals surface area contributed by atoms with Crippen LogP contribution in [0.5, 0.6) is 5.75 Å². The van der Waals surface area contributed by atoms with Crippen molar-refractivity contribution in [2.45, 2.75) is 4.90 Å². The summed E-state index contributed by atoms with van der Waals surface area (Å²) in [6, 6.07) is 9.72. The largest absolute Gasteiger partial charge is 0.507 e. The SMILES string of the molecule is Nc1ccc2cc(S(=O)(=O)O)cc(O)c2c1N=Nc1cc(Cl)ccc1Cl. The molecule has 0 bridgehead atoms. The van der Waals surface area contributed by atoms with Crippen molar-refractivity contribution in [1.82, 2.24) is 0 Å². The average Bonchev–Trinajstić information content (AvgIpc) is 2.56. The minimum absolute atomic E-state index is 0.123. The summed E-state index contributed by atoms with van der Waals surface area (Å²) in [5.41, 5.74) is 6.54. The maximum absolute atomic E-state index is 11.3. The zero-order valence-electron chi connectivity index (χ0n) is 12.9. The Bertz CT molecular complexity index is 1160. The number of anilines is 1. The summed E-state index contributed by atoms with van der Waals surface area (Å²) in [6.45, 7) is 0. The van der Waals surface area contributed by atoms with E-state index in [0.717, 1.165) is 6.07 Å². The highest BCUT2D eigenvalue weighted by molar-refractivity contribution is 7.85. The summed E-state index contributed by atoms with van der Waals surface area (Å²) in [7, 11) is -4.48.